The van der Waals surface area contributed by atoms with Crippen molar-refractivity contribution in [2.75, 3.05) is 0 Å². The van der Waals surface area contributed by atoms with Gasteiger partial charge >= 0.3 is 0 Å². The first-order chi connectivity index (χ1) is 7.75. The highest BCUT2D eigenvalue weighted by Crippen LogP contribution is 2.20. The standard InChI is InChI=1S/C11H15F2NO2S/c1-7(14)5-8(2)17(15,16)9-3-4-10(12)11(13)6-9/h3-4,6-8H,5,14H2,1-2H3. The molecule has 3 nitrogen and oxygen atoms in total. The van der Waals surface area contributed by atoms with E-state index in [2.05, 4.69) is 0 Å². The van der Waals surface area contributed by atoms with E-state index < -0.39 is 26.7 Å². The summed E-state index contributed by atoms with van der Waals surface area (Å²) in [5.41, 5.74) is 5.52. The molecule has 1 rings (SSSR count). The van der Waals surface area contributed by atoms with Crippen LogP contribution in [0.2, 0.25) is 0 Å². The average molecular weight is 263 g/mol. The van der Waals surface area contributed by atoms with E-state index in [9.17, 15) is 17.2 Å². The largest absolute Gasteiger partial charge is 0.328 e. The number of nitrogens with two attached hydrogens (primary N) is 1. The minimum absolute atomic E-state index is 0.218. The molecule has 2 N–H and O–H groups in total. The molecule has 0 fully saturated rings. The van der Waals surface area contributed by atoms with Gasteiger partial charge in [0.05, 0.1) is 10.1 Å². The first-order valence-corrected chi connectivity index (χ1v) is 6.74. The Labute approximate surface area is 99.6 Å². The molecule has 0 aliphatic rings. The van der Waals surface area contributed by atoms with E-state index in [0.717, 1.165) is 12.1 Å². The molecule has 0 radical (unpaired) electrons. The highest BCUT2D eigenvalue weighted by Gasteiger charge is 2.25. The van der Waals surface area contributed by atoms with Crippen molar-refractivity contribution in [3.63, 3.8) is 0 Å². The van der Waals surface area contributed by atoms with E-state index in [0.29, 0.717) is 6.07 Å². The summed E-state index contributed by atoms with van der Waals surface area (Å²) < 4.78 is 49.7. The van der Waals surface area contributed by atoms with Crippen LogP contribution in [0.15, 0.2) is 23.1 Å². The Kier molecular flexibility index (Phi) is 4.21. The van der Waals surface area contributed by atoms with Gasteiger partial charge in [-0.1, -0.05) is 0 Å². The topological polar surface area (TPSA) is 60.2 Å². The molecule has 0 spiro atoms. The van der Waals surface area contributed by atoms with Crippen molar-refractivity contribution >= 4 is 9.84 Å². The van der Waals surface area contributed by atoms with Gasteiger partial charge < -0.3 is 5.73 Å². The van der Waals surface area contributed by atoms with Crippen LogP contribution in [-0.2, 0) is 9.84 Å². The van der Waals surface area contributed by atoms with Crippen molar-refractivity contribution in [3.8, 4) is 0 Å². The predicted octanol–water partition coefficient (Wildman–Crippen LogP) is 1.86. The minimum Gasteiger partial charge on any atom is -0.328 e. The Bertz CT molecular complexity index is 500. The highest BCUT2D eigenvalue weighted by atomic mass is 32.2. The summed E-state index contributed by atoms with van der Waals surface area (Å²) in [5, 5.41) is -0.729. The molecule has 1 aromatic carbocycles. The van der Waals surface area contributed by atoms with Gasteiger partial charge in [-0.15, -0.1) is 0 Å². The lowest BCUT2D eigenvalue weighted by Gasteiger charge is -2.15. The van der Waals surface area contributed by atoms with Gasteiger partial charge in [-0.3, -0.25) is 0 Å². The number of halogens is 2. The fourth-order valence-corrected chi connectivity index (χ4v) is 3.08. The number of hydrogen-bond acceptors (Lipinski definition) is 3. The second-order valence-electron chi connectivity index (χ2n) is 4.14. The van der Waals surface area contributed by atoms with Crippen LogP contribution < -0.4 is 5.73 Å². The molecule has 6 heteroatoms. The molecule has 0 saturated carbocycles. The second-order valence-corrected chi connectivity index (χ2v) is 6.51. The summed E-state index contributed by atoms with van der Waals surface area (Å²) >= 11 is 0. The molecular formula is C11H15F2NO2S. The van der Waals surface area contributed by atoms with Crippen molar-refractivity contribution in [3.05, 3.63) is 29.8 Å². The van der Waals surface area contributed by atoms with Gasteiger partial charge in [-0.2, -0.15) is 0 Å². The summed E-state index contributed by atoms with van der Waals surface area (Å²) in [6, 6.07) is 2.29. The lowest BCUT2D eigenvalue weighted by Crippen LogP contribution is -2.27. The quantitative estimate of drug-likeness (QED) is 0.843. The third-order valence-electron chi connectivity index (χ3n) is 2.45. The summed E-state index contributed by atoms with van der Waals surface area (Å²) in [4.78, 5) is -0.218. The fourth-order valence-electron chi connectivity index (χ4n) is 1.54. The van der Waals surface area contributed by atoms with Gasteiger partial charge in [-0.25, -0.2) is 17.2 Å². The van der Waals surface area contributed by atoms with E-state index in [1.807, 2.05) is 0 Å². The predicted molar refractivity (Wildman–Crippen MR) is 61.3 cm³/mol. The van der Waals surface area contributed by atoms with Gasteiger partial charge in [0.25, 0.3) is 0 Å². The Morgan fingerprint density at radius 1 is 1.24 bits per heavy atom. The van der Waals surface area contributed by atoms with Crippen LogP contribution in [-0.4, -0.2) is 19.7 Å². The van der Waals surface area contributed by atoms with Gasteiger partial charge in [-0.05, 0) is 38.5 Å². The lowest BCUT2D eigenvalue weighted by atomic mass is 10.2. The number of benzene rings is 1. The monoisotopic (exact) mass is 263 g/mol. The first kappa shape index (κ1) is 14.1. The summed E-state index contributed by atoms with van der Waals surface area (Å²) in [6.45, 7) is 3.19. The maximum atomic E-state index is 13.0. The lowest BCUT2D eigenvalue weighted by molar-refractivity contribution is 0.503. The van der Waals surface area contributed by atoms with E-state index >= 15 is 0 Å². The molecule has 96 valence electrons. The van der Waals surface area contributed by atoms with Gasteiger partial charge in [0.15, 0.2) is 21.5 Å². The third kappa shape index (κ3) is 3.23. The van der Waals surface area contributed by atoms with Crippen molar-refractivity contribution in [1.29, 1.82) is 0 Å². The SMILES string of the molecule is CC(N)CC(C)S(=O)(=O)c1ccc(F)c(F)c1. The van der Waals surface area contributed by atoms with Crippen LogP contribution in [0.5, 0.6) is 0 Å². The Hall–Kier alpha value is -1.01. The highest BCUT2D eigenvalue weighted by molar-refractivity contribution is 7.92. The molecule has 17 heavy (non-hydrogen) atoms. The molecule has 0 amide bonds. The van der Waals surface area contributed by atoms with Crippen LogP contribution in [0.25, 0.3) is 0 Å². The van der Waals surface area contributed by atoms with E-state index in [-0.39, 0.29) is 17.4 Å². The fraction of sp³-hybridized carbons (Fsp3) is 0.455. The second kappa shape index (κ2) is 5.10. The van der Waals surface area contributed by atoms with Crippen LogP contribution in [0.4, 0.5) is 8.78 Å². The van der Waals surface area contributed by atoms with Crippen LogP contribution >= 0.6 is 0 Å². The molecule has 0 aromatic heterocycles. The van der Waals surface area contributed by atoms with Gasteiger partial charge in [0.1, 0.15) is 0 Å². The van der Waals surface area contributed by atoms with Crippen molar-refractivity contribution in [1.82, 2.24) is 0 Å². The molecule has 0 saturated heterocycles. The first-order valence-electron chi connectivity index (χ1n) is 5.19. The molecule has 0 aliphatic heterocycles. The number of hydrogen-bond donors (Lipinski definition) is 1. The molecule has 1 aromatic rings. The number of rotatable bonds is 4. The molecule has 0 bridgehead atoms. The maximum Gasteiger partial charge on any atom is 0.181 e. The van der Waals surface area contributed by atoms with Crippen molar-refractivity contribution in [2.45, 2.75) is 36.5 Å². The van der Waals surface area contributed by atoms with E-state index in [4.69, 9.17) is 5.73 Å². The zero-order valence-electron chi connectivity index (χ0n) is 9.65. The zero-order valence-corrected chi connectivity index (χ0v) is 10.5. The maximum absolute atomic E-state index is 13.0. The average Bonchev–Trinajstić information content (AvgIpc) is 2.20. The summed E-state index contributed by atoms with van der Waals surface area (Å²) in [6.07, 6.45) is 0.265. The summed E-state index contributed by atoms with van der Waals surface area (Å²) in [7, 11) is -3.66. The molecule has 2 unspecified atom stereocenters. The number of sulfone groups is 1. The van der Waals surface area contributed by atoms with Crippen molar-refractivity contribution in [2.24, 2.45) is 5.73 Å². The Morgan fingerprint density at radius 3 is 2.29 bits per heavy atom. The third-order valence-corrected chi connectivity index (χ3v) is 4.62. The molecular weight excluding hydrogens is 248 g/mol. The Balaban J connectivity index is 3.09. The zero-order chi connectivity index (χ0) is 13.2. The molecule has 0 aliphatic carbocycles. The Morgan fingerprint density at radius 2 is 1.82 bits per heavy atom. The summed E-state index contributed by atoms with van der Waals surface area (Å²) in [5.74, 6) is -2.23. The minimum atomic E-state index is -3.66. The van der Waals surface area contributed by atoms with Gasteiger partial charge in [0.2, 0.25) is 0 Å². The normalized spacial score (nSPS) is 15.6. The smallest absolute Gasteiger partial charge is 0.181 e. The molecule has 0 heterocycles. The van der Waals surface area contributed by atoms with E-state index in [1.54, 1.807) is 6.92 Å². The van der Waals surface area contributed by atoms with E-state index in [1.165, 1.54) is 6.92 Å². The van der Waals surface area contributed by atoms with Gasteiger partial charge in [0, 0.05) is 6.04 Å². The molecule has 2 atom stereocenters. The van der Waals surface area contributed by atoms with Crippen LogP contribution in [0, 0.1) is 11.6 Å². The van der Waals surface area contributed by atoms with Crippen LogP contribution in [0.3, 0.4) is 0 Å². The van der Waals surface area contributed by atoms with Crippen molar-refractivity contribution < 1.29 is 17.2 Å². The van der Waals surface area contributed by atoms with Crippen LogP contribution in [0.1, 0.15) is 20.3 Å².